The van der Waals surface area contributed by atoms with Gasteiger partial charge in [-0.1, -0.05) is 57.1 Å². The molecule has 27 heavy (non-hydrogen) atoms. The second-order valence-corrected chi connectivity index (χ2v) is 8.55. The van der Waals surface area contributed by atoms with Crippen molar-refractivity contribution in [3.63, 3.8) is 0 Å². The Morgan fingerprint density at radius 2 is 1.93 bits per heavy atom. The van der Waals surface area contributed by atoms with Crippen molar-refractivity contribution in [2.45, 2.75) is 13.3 Å². The number of nitrogens with zero attached hydrogens (tertiary/aromatic N) is 3. The fourth-order valence-electron chi connectivity index (χ4n) is 2.72. The van der Waals surface area contributed by atoms with Crippen molar-refractivity contribution in [1.82, 2.24) is 9.88 Å². The summed E-state index contributed by atoms with van der Waals surface area (Å²) < 4.78 is 2.10. The summed E-state index contributed by atoms with van der Waals surface area (Å²) in [6.07, 6.45) is 0.384. The second-order valence-electron chi connectivity index (χ2n) is 6.62. The Labute approximate surface area is 178 Å². The van der Waals surface area contributed by atoms with Crippen LogP contribution in [0.4, 0.5) is 5.13 Å². The van der Waals surface area contributed by atoms with E-state index in [9.17, 15) is 4.79 Å². The van der Waals surface area contributed by atoms with Crippen LogP contribution in [-0.2, 0) is 11.2 Å². The number of hydrogen-bond acceptors (Lipinski definition) is 4. The largest absolute Gasteiger partial charge is 0.308 e. The zero-order valence-corrected chi connectivity index (χ0v) is 18.8. The molecule has 0 saturated carbocycles. The molecule has 1 heterocycles. The fraction of sp³-hybridized carbons (Fsp3) is 0.300. The molecule has 0 saturated heterocycles. The number of amides is 1. The van der Waals surface area contributed by atoms with E-state index in [1.165, 1.54) is 5.56 Å². The van der Waals surface area contributed by atoms with E-state index < -0.39 is 0 Å². The van der Waals surface area contributed by atoms with Gasteiger partial charge in [0.25, 0.3) is 0 Å². The van der Waals surface area contributed by atoms with E-state index in [0.29, 0.717) is 13.0 Å². The predicted octanol–water partition coefficient (Wildman–Crippen LogP) is 4.93. The zero-order valence-electron chi connectivity index (χ0n) is 15.6. The normalized spacial score (nSPS) is 10.9. The topological polar surface area (TPSA) is 36.4 Å². The van der Waals surface area contributed by atoms with Crippen LogP contribution in [0.15, 0.2) is 46.9 Å². The van der Waals surface area contributed by atoms with Crippen LogP contribution >= 0.6 is 39.7 Å². The molecule has 0 bridgehead atoms. The molecule has 3 rings (SSSR count). The van der Waals surface area contributed by atoms with Gasteiger partial charge in [-0.25, -0.2) is 4.98 Å². The molecule has 0 N–H and O–H groups in total. The van der Waals surface area contributed by atoms with E-state index in [0.717, 1.165) is 31.9 Å². The Kier molecular flexibility index (Phi) is 7.79. The first-order valence-electron chi connectivity index (χ1n) is 8.49. The van der Waals surface area contributed by atoms with Gasteiger partial charge in [0, 0.05) is 17.6 Å². The minimum atomic E-state index is 0. The molecule has 3 aromatic rings. The fourth-order valence-corrected chi connectivity index (χ4v) is 4.28. The number of thiazole rings is 1. The van der Waals surface area contributed by atoms with E-state index in [-0.39, 0.29) is 18.3 Å². The number of aromatic nitrogens is 1. The van der Waals surface area contributed by atoms with Gasteiger partial charge in [-0.3, -0.25) is 9.69 Å². The number of carbonyl (C=O) groups is 1. The standard InChI is InChI=1S/C20H22BrN3OS.ClH/c1-14-5-4-6-15(11-14)12-19(25)24(10-9-23(2)3)20-22-17-8-7-16(21)13-18(17)26-20;/h4-8,11,13H,9-10,12H2,1-3H3;1H. The van der Waals surface area contributed by atoms with Crippen LogP contribution < -0.4 is 4.90 Å². The molecule has 0 aliphatic heterocycles. The van der Waals surface area contributed by atoms with Gasteiger partial charge in [-0.2, -0.15) is 0 Å². The maximum absolute atomic E-state index is 13.0. The molecule has 0 aliphatic rings. The van der Waals surface area contributed by atoms with E-state index in [4.69, 9.17) is 4.98 Å². The maximum Gasteiger partial charge on any atom is 0.233 e. The number of carbonyl (C=O) groups excluding carboxylic acids is 1. The number of hydrogen-bond donors (Lipinski definition) is 0. The smallest absolute Gasteiger partial charge is 0.233 e. The molecule has 4 nitrogen and oxygen atoms in total. The van der Waals surface area contributed by atoms with Crippen molar-refractivity contribution in [2.24, 2.45) is 0 Å². The number of rotatable bonds is 6. The third kappa shape index (κ3) is 5.75. The molecule has 0 radical (unpaired) electrons. The Morgan fingerprint density at radius 3 is 2.63 bits per heavy atom. The van der Waals surface area contributed by atoms with Crippen LogP contribution in [-0.4, -0.2) is 43.0 Å². The van der Waals surface area contributed by atoms with Gasteiger partial charge in [0.1, 0.15) is 0 Å². The van der Waals surface area contributed by atoms with Crippen LogP contribution in [0, 0.1) is 6.92 Å². The molecule has 0 aliphatic carbocycles. The number of anilines is 1. The van der Waals surface area contributed by atoms with Gasteiger partial charge < -0.3 is 4.90 Å². The van der Waals surface area contributed by atoms with Gasteiger partial charge in [-0.15, -0.1) is 12.4 Å². The minimum Gasteiger partial charge on any atom is -0.308 e. The molecule has 7 heteroatoms. The lowest BCUT2D eigenvalue weighted by molar-refractivity contribution is -0.118. The number of likely N-dealkylation sites (N-methyl/N-ethyl adjacent to an activating group) is 1. The Morgan fingerprint density at radius 1 is 1.15 bits per heavy atom. The summed E-state index contributed by atoms with van der Waals surface area (Å²) >= 11 is 5.06. The first kappa shape index (κ1) is 21.8. The SMILES string of the molecule is Cc1cccc(CC(=O)N(CCN(C)C)c2nc3ccc(Br)cc3s2)c1.Cl. The Bertz CT molecular complexity index is 928. The summed E-state index contributed by atoms with van der Waals surface area (Å²) in [4.78, 5) is 21.6. The minimum absolute atomic E-state index is 0. The van der Waals surface area contributed by atoms with Gasteiger partial charge in [0.15, 0.2) is 5.13 Å². The quantitative estimate of drug-likeness (QED) is 0.515. The Hall–Kier alpha value is -1.47. The first-order chi connectivity index (χ1) is 12.4. The van der Waals surface area contributed by atoms with E-state index in [1.807, 2.05) is 62.3 Å². The second kappa shape index (κ2) is 9.64. The van der Waals surface area contributed by atoms with Crippen molar-refractivity contribution in [3.05, 3.63) is 58.1 Å². The van der Waals surface area contributed by atoms with E-state index >= 15 is 0 Å². The molecule has 0 unspecified atom stereocenters. The highest BCUT2D eigenvalue weighted by Gasteiger charge is 2.20. The lowest BCUT2D eigenvalue weighted by atomic mass is 10.1. The highest BCUT2D eigenvalue weighted by atomic mass is 79.9. The van der Waals surface area contributed by atoms with Gasteiger partial charge in [-0.05, 0) is 44.8 Å². The summed E-state index contributed by atoms with van der Waals surface area (Å²) in [6, 6.07) is 14.1. The third-order valence-electron chi connectivity index (χ3n) is 4.08. The van der Waals surface area contributed by atoms with Crippen molar-refractivity contribution in [2.75, 3.05) is 32.1 Å². The summed E-state index contributed by atoms with van der Waals surface area (Å²) in [6.45, 7) is 3.46. The number of halogens is 2. The van der Waals surface area contributed by atoms with Gasteiger partial charge >= 0.3 is 0 Å². The molecule has 1 amide bonds. The molecule has 0 spiro atoms. The summed E-state index contributed by atoms with van der Waals surface area (Å²) in [5.41, 5.74) is 3.13. The van der Waals surface area contributed by atoms with Crippen molar-refractivity contribution < 1.29 is 4.79 Å². The Balaban J connectivity index is 0.00000261. The monoisotopic (exact) mass is 467 g/mol. The molecular formula is C20H23BrClN3OS. The molecule has 0 atom stereocenters. The molecular weight excluding hydrogens is 446 g/mol. The maximum atomic E-state index is 13.0. The summed E-state index contributed by atoms with van der Waals surface area (Å²) in [5.74, 6) is 0.0792. The van der Waals surface area contributed by atoms with Crippen molar-refractivity contribution in [1.29, 1.82) is 0 Å². The lowest BCUT2D eigenvalue weighted by Gasteiger charge is -2.22. The first-order valence-corrected chi connectivity index (χ1v) is 10.1. The predicted molar refractivity (Wildman–Crippen MR) is 120 cm³/mol. The summed E-state index contributed by atoms with van der Waals surface area (Å²) in [5, 5.41) is 0.762. The highest BCUT2D eigenvalue weighted by Crippen LogP contribution is 2.31. The lowest BCUT2D eigenvalue weighted by Crippen LogP contribution is -2.37. The third-order valence-corrected chi connectivity index (χ3v) is 5.61. The highest BCUT2D eigenvalue weighted by molar-refractivity contribution is 9.10. The number of aryl methyl sites for hydroxylation is 1. The molecule has 0 fully saturated rings. The molecule has 144 valence electrons. The van der Waals surface area contributed by atoms with Crippen molar-refractivity contribution in [3.8, 4) is 0 Å². The van der Waals surface area contributed by atoms with Crippen LogP contribution in [0.25, 0.3) is 10.2 Å². The van der Waals surface area contributed by atoms with Crippen LogP contribution in [0.3, 0.4) is 0 Å². The summed E-state index contributed by atoms with van der Waals surface area (Å²) in [7, 11) is 4.03. The van der Waals surface area contributed by atoms with Crippen LogP contribution in [0.2, 0.25) is 0 Å². The van der Waals surface area contributed by atoms with E-state index in [2.05, 4.69) is 26.9 Å². The average molecular weight is 469 g/mol. The van der Waals surface area contributed by atoms with Crippen LogP contribution in [0.1, 0.15) is 11.1 Å². The van der Waals surface area contributed by atoms with E-state index in [1.54, 1.807) is 11.3 Å². The van der Waals surface area contributed by atoms with Crippen molar-refractivity contribution >= 4 is 60.9 Å². The number of fused-ring (bicyclic) bond motifs is 1. The number of benzene rings is 2. The van der Waals surface area contributed by atoms with Gasteiger partial charge in [0.05, 0.1) is 16.6 Å². The molecule has 2 aromatic carbocycles. The van der Waals surface area contributed by atoms with Crippen LogP contribution in [0.5, 0.6) is 0 Å². The van der Waals surface area contributed by atoms with Gasteiger partial charge in [0.2, 0.25) is 5.91 Å². The zero-order chi connectivity index (χ0) is 18.7. The average Bonchev–Trinajstić information content (AvgIpc) is 2.97. The molecule has 1 aromatic heterocycles.